The molecule has 6 nitrogen and oxygen atoms in total. The summed E-state index contributed by atoms with van der Waals surface area (Å²) in [5.74, 6) is -0.803. The Hall–Kier alpha value is -2.11. The largest absolute Gasteiger partial charge is 0.481 e. The van der Waals surface area contributed by atoms with Gasteiger partial charge in [0.2, 0.25) is 0 Å². The lowest BCUT2D eigenvalue weighted by Crippen LogP contribution is -2.46. The lowest BCUT2D eigenvalue weighted by molar-refractivity contribution is -0.141. The van der Waals surface area contributed by atoms with Gasteiger partial charge >= 0.3 is 12.0 Å². The molecule has 1 saturated carbocycles. The van der Waals surface area contributed by atoms with Crippen molar-refractivity contribution in [2.24, 2.45) is 5.41 Å². The third-order valence-electron chi connectivity index (χ3n) is 4.15. The average Bonchev–Trinajstić information content (AvgIpc) is 2.40. The van der Waals surface area contributed by atoms with Crippen molar-refractivity contribution in [2.75, 3.05) is 6.54 Å². The minimum Gasteiger partial charge on any atom is -0.481 e. The quantitative estimate of drug-likeness (QED) is 0.745. The van der Waals surface area contributed by atoms with E-state index in [0.717, 1.165) is 30.4 Å². The van der Waals surface area contributed by atoms with Crippen LogP contribution in [0, 0.1) is 12.3 Å². The third-order valence-corrected chi connectivity index (χ3v) is 4.15. The number of pyridine rings is 1. The highest BCUT2D eigenvalue weighted by Gasteiger charge is 2.39. The van der Waals surface area contributed by atoms with Crippen molar-refractivity contribution in [1.29, 1.82) is 0 Å². The smallest absolute Gasteiger partial charge is 0.315 e. The molecule has 0 bridgehead atoms. The lowest BCUT2D eigenvalue weighted by Gasteiger charge is -2.40. The van der Waals surface area contributed by atoms with Crippen LogP contribution >= 0.6 is 0 Å². The van der Waals surface area contributed by atoms with Crippen LogP contribution in [-0.4, -0.2) is 28.6 Å². The lowest BCUT2D eigenvalue weighted by atomic mass is 9.66. The second-order valence-corrected chi connectivity index (χ2v) is 5.76. The van der Waals surface area contributed by atoms with E-state index in [-0.39, 0.29) is 17.9 Å². The summed E-state index contributed by atoms with van der Waals surface area (Å²) in [7, 11) is 0. The molecular weight excluding hydrogens is 270 g/mol. The molecule has 1 aliphatic carbocycles. The molecule has 1 heterocycles. The van der Waals surface area contributed by atoms with Crippen LogP contribution in [0.1, 0.15) is 36.8 Å². The molecule has 3 N–H and O–H groups in total. The first-order chi connectivity index (χ1) is 10.0. The number of aromatic nitrogens is 1. The third kappa shape index (κ3) is 4.18. The van der Waals surface area contributed by atoms with E-state index in [0.29, 0.717) is 13.1 Å². The molecule has 0 aromatic carbocycles. The van der Waals surface area contributed by atoms with Crippen molar-refractivity contribution in [3.05, 3.63) is 29.6 Å². The van der Waals surface area contributed by atoms with Crippen molar-refractivity contribution in [1.82, 2.24) is 15.6 Å². The number of nitrogens with one attached hydrogen (secondary N) is 2. The maximum absolute atomic E-state index is 11.8. The number of amides is 2. The molecule has 0 aliphatic heterocycles. The second-order valence-electron chi connectivity index (χ2n) is 5.76. The van der Waals surface area contributed by atoms with Gasteiger partial charge in [0, 0.05) is 25.5 Å². The maximum Gasteiger partial charge on any atom is 0.315 e. The van der Waals surface area contributed by atoms with Gasteiger partial charge in [-0.2, -0.15) is 0 Å². The van der Waals surface area contributed by atoms with Crippen molar-refractivity contribution in [3.8, 4) is 0 Å². The second kappa shape index (κ2) is 6.56. The Morgan fingerprint density at radius 2 is 2.14 bits per heavy atom. The summed E-state index contributed by atoms with van der Waals surface area (Å²) in [6.07, 6.45) is 6.32. The fraction of sp³-hybridized carbons (Fsp3) is 0.533. The van der Waals surface area contributed by atoms with Crippen LogP contribution < -0.4 is 10.6 Å². The van der Waals surface area contributed by atoms with E-state index in [4.69, 9.17) is 5.11 Å². The van der Waals surface area contributed by atoms with Gasteiger partial charge in [0.25, 0.3) is 0 Å². The average molecular weight is 291 g/mol. The normalized spacial score (nSPS) is 15.9. The van der Waals surface area contributed by atoms with E-state index in [9.17, 15) is 9.59 Å². The summed E-state index contributed by atoms with van der Waals surface area (Å²) in [4.78, 5) is 26.7. The first kappa shape index (κ1) is 15.3. The number of nitrogens with zero attached hydrogens (tertiary/aromatic N) is 1. The zero-order valence-electron chi connectivity index (χ0n) is 12.2. The highest BCUT2D eigenvalue weighted by Crippen LogP contribution is 2.43. The molecule has 1 aromatic rings. The Labute approximate surface area is 124 Å². The van der Waals surface area contributed by atoms with E-state index in [1.165, 1.54) is 0 Å². The van der Waals surface area contributed by atoms with Gasteiger partial charge in [0.05, 0.1) is 6.42 Å². The first-order valence-corrected chi connectivity index (χ1v) is 7.14. The number of carboxylic acids is 1. The molecule has 0 saturated heterocycles. The number of hydrogen-bond donors (Lipinski definition) is 3. The Kier molecular flexibility index (Phi) is 4.77. The number of urea groups is 1. The zero-order valence-corrected chi connectivity index (χ0v) is 12.2. The van der Waals surface area contributed by atoms with Crippen LogP contribution in [0.5, 0.6) is 0 Å². The molecule has 0 spiro atoms. The fourth-order valence-corrected chi connectivity index (χ4v) is 2.60. The molecule has 114 valence electrons. The Morgan fingerprint density at radius 1 is 1.38 bits per heavy atom. The summed E-state index contributed by atoms with van der Waals surface area (Å²) >= 11 is 0. The summed E-state index contributed by atoms with van der Waals surface area (Å²) in [5.41, 5.74) is 1.79. The van der Waals surface area contributed by atoms with Crippen LogP contribution in [0.3, 0.4) is 0 Å². The SMILES string of the molecule is Cc1ccncc1CNC(=O)NCC1(CC(=O)O)CCC1. The number of aryl methyl sites for hydroxylation is 1. The number of aliphatic carboxylic acids is 1. The van der Waals surface area contributed by atoms with Crippen LogP contribution in [0.2, 0.25) is 0 Å². The molecule has 0 unspecified atom stereocenters. The van der Waals surface area contributed by atoms with Gasteiger partial charge in [0.15, 0.2) is 0 Å². The fourth-order valence-electron chi connectivity index (χ4n) is 2.60. The molecule has 6 heteroatoms. The molecular formula is C15H21N3O3. The van der Waals surface area contributed by atoms with Crippen LogP contribution in [0.25, 0.3) is 0 Å². The van der Waals surface area contributed by atoms with Gasteiger partial charge in [-0.05, 0) is 42.4 Å². The van der Waals surface area contributed by atoms with Crippen molar-refractivity contribution in [2.45, 2.75) is 39.2 Å². The Morgan fingerprint density at radius 3 is 2.71 bits per heavy atom. The van der Waals surface area contributed by atoms with E-state index < -0.39 is 5.97 Å². The maximum atomic E-state index is 11.8. The summed E-state index contributed by atoms with van der Waals surface area (Å²) in [5, 5.41) is 14.5. The molecule has 21 heavy (non-hydrogen) atoms. The van der Waals surface area contributed by atoms with E-state index in [1.807, 2.05) is 13.0 Å². The van der Waals surface area contributed by atoms with E-state index >= 15 is 0 Å². The van der Waals surface area contributed by atoms with E-state index in [1.54, 1.807) is 12.4 Å². The van der Waals surface area contributed by atoms with Gasteiger partial charge in [-0.1, -0.05) is 6.42 Å². The predicted molar refractivity (Wildman–Crippen MR) is 77.7 cm³/mol. The topological polar surface area (TPSA) is 91.3 Å². The van der Waals surface area contributed by atoms with Crippen LogP contribution in [-0.2, 0) is 11.3 Å². The molecule has 1 aromatic heterocycles. The highest BCUT2D eigenvalue weighted by atomic mass is 16.4. The molecule has 0 atom stereocenters. The van der Waals surface area contributed by atoms with Gasteiger partial charge in [0.1, 0.15) is 0 Å². The predicted octanol–water partition coefficient (Wildman–Crippen LogP) is 1.83. The molecule has 1 aliphatic rings. The Bertz CT molecular complexity index is 527. The van der Waals surface area contributed by atoms with Gasteiger partial charge < -0.3 is 15.7 Å². The summed E-state index contributed by atoms with van der Waals surface area (Å²) in [6, 6.07) is 1.63. The number of carboxylic acid groups (broad SMARTS) is 1. The Balaban J connectivity index is 1.77. The zero-order chi connectivity index (χ0) is 15.3. The number of carbonyl (C=O) groups excluding carboxylic acids is 1. The molecule has 2 rings (SSSR count). The van der Waals surface area contributed by atoms with Crippen molar-refractivity contribution in [3.63, 3.8) is 0 Å². The number of carbonyl (C=O) groups is 2. The highest BCUT2D eigenvalue weighted by molar-refractivity contribution is 5.74. The standard InChI is InChI=1S/C15H21N3O3/c1-11-3-6-16-8-12(11)9-17-14(21)18-10-15(4-2-5-15)7-13(19)20/h3,6,8H,2,4-5,7,9-10H2,1H3,(H,19,20)(H2,17,18,21). The monoisotopic (exact) mass is 291 g/mol. The van der Waals surface area contributed by atoms with Crippen molar-refractivity contribution >= 4 is 12.0 Å². The van der Waals surface area contributed by atoms with Crippen LogP contribution in [0.15, 0.2) is 18.5 Å². The minimum absolute atomic E-state index is 0.120. The molecule has 2 amide bonds. The molecule has 0 radical (unpaired) electrons. The molecule has 1 fully saturated rings. The first-order valence-electron chi connectivity index (χ1n) is 7.14. The number of hydrogen-bond acceptors (Lipinski definition) is 3. The van der Waals surface area contributed by atoms with E-state index in [2.05, 4.69) is 15.6 Å². The van der Waals surface area contributed by atoms with Crippen molar-refractivity contribution < 1.29 is 14.7 Å². The summed E-state index contributed by atoms with van der Waals surface area (Å²) < 4.78 is 0. The number of rotatable bonds is 6. The van der Waals surface area contributed by atoms with Gasteiger partial charge in [-0.3, -0.25) is 9.78 Å². The summed E-state index contributed by atoms with van der Waals surface area (Å²) in [6.45, 7) is 2.79. The minimum atomic E-state index is -0.803. The van der Waals surface area contributed by atoms with Crippen LogP contribution in [0.4, 0.5) is 4.79 Å². The van der Waals surface area contributed by atoms with Gasteiger partial charge in [-0.15, -0.1) is 0 Å². The van der Waals surface area contributed by atoms with Gasteiger partial charge in [-0.25, -0.2) is 4.79 Å².